The molecule has 1 unspecified atom stereocenters. The lowest BCUT2D eigenvalue weighted by Crippen LogP contribution is -2.14. The van der Waals surface area contributed by atoms with E-state index in [0.29, 0.717) is 5.95 Å². The van der Waals surface area contributed by atoms with E-state index in [1.807, 2.05) is 37.2 Å². The maximum Gasteiger partial charge on any atom is 0.226 e. The van der Waals surface area contributed by atoms with E-state index in [4.69, 9.17) is 0 Å². The van der Waals surface area contributed by atoms with E-state index in [2.05, 4.69) is 27.2 Å². The van der Waals surface area contributed by atoms with Gasteiger partial charge in [-0.15, -0.1) is 0 Å². The average Bonchev–Trinajstić information content (AvgIpc) is 2.40. The molecule has 0 saturated carbocycles. The molecule has 0 radical (unpaired) electrons. The number of hydrogen-bond acceptors (Lipinski definition) is 5. The highest BCUT2D eigenvalue weighted by Gasteiger charge is 2.07. The van der Waals surface area contributed by atoms with Crippen LogP contribution in [0.2, 0.25) is 0 Å². The third-order valence-electron chi connectivity index (χ3n) is 2.61. The number of hydrogen-bond donors (Lipinski definition) is 1. The monoisotopic (exact) mass is 243 g/mol. The molecule has 2 aromatic rings. The van der Waals surface area contributed by atoms with Crippen molar-refractivity contribution in [3.05, 3.63) is 42.4 Å². The molecule has 0 aliphatic carbocycles. The van der Waals surface area contributed by atoms with Gasteiger partial charge in [-0.2, -0.15) is 4.98 Å². The zero-order valence-electron chi connectivity index (χ0n) is 10.8. The molecule has 2 aromatic heterocycles. The van der Waals surface area contributed by atoms with Gasteiger partial charge in [-0.05, 0) is 30.7 Å². The van der Waals surface area contributed by atoms with Crippen LogP contribution in [0.5, 0.6) is 0 Å². The lowest BCUT2D eigenvalue weighted by Gasteiger charge is -2.16. The van der Waals surface area contributed by atoms with Crippen molar-refractivity contribution in [1.29, 1.82) is 0 Å². The highest BCUT2D eigenvalue weighted by Crippen LogP contribution is 2.17. The van der Waals surface area contributed by atoms with Crippen molar-refractivity contribution in [1.82, 2.24) is 15.0 Å². The molecule has 0 aliphatic rings. The van der Waals surface area contributed by atoms with Gasteiger partial charge in [0, 0.05) is 32.7 Å². The summed E-state index contributed by atoms with van der Waals surface area (Å²) < 4.78 is 0. The van der Waals surface area contributed by atoms with Gasteiger partial charge in [0.2, 0.25) is 5.95 Å². The lowest BCUT2D eigenvalue weighted by atomic mass is 10.1. The molecule has 5 heteroatoms. The fraction of sp³-hybridized carbons (Fsp3) is 0.308. The van der Waals surface area contributed by atoms with Gasteiger partial charge in [0.25, 0.3) is 0 Å². The fourth-order valence-electron chi connectivity index (χ4n) is 1.60. The van der Waals surface area contributed by atoms with Crippen LogP contribution in [0.25, 0.3) is 0 Å². The highest BCUT2D eigenvalue weighted by atomic mass is 15.2. The summed E-state index contributed by atoms with van der Waals surface area (Å²) in [4.78, 5) is 14.5. The highest BCUT2D eigenvalue weighted by molar-refractivity contribution is 5.42. The van der Waals surface area contributed by atoms with Gasteiger partial charge in [-0.25, -0.2) is 4.98 Å². The smallest absolute Gasteiger partial charge is 0.226 e. The van der Waals surface area contributed by atoms with Crippen molar-refractivity contribution in [3.8, 4) is 0 Å². The summed E-state index contributed by atoms with van der Waals surface area (Å²) in [5.74, 6) is 1.51. The Hall–Kier alpha value is -2.17. The SMILES string of the molecule is CC(Nc1ccnc(N(C)C)n1)c1ccncc1. The molecule has 94 valence electrons. The van der Waals surface area contributed by atoms with E-state index in [1.54, 1.807) is 18.6 Å². The van der Waals surface area contributed by atoms with Crippen LogP contribution < -0.4 is 10.2 Å². The average molecular weight is 243 g/mol. The normalized spacial score (nSPS) is 11.9. The Morgan fingerprint density at radius 1 is 1.11 bits per heavy atom. The molecule has 0 fully saturated rings. The van der Waals surface area contributed by atoms with E-state index < -0.39 is 0 Å². The number of pyridine rings is 1. The number of rotatable bonds is 4. The van der Waals surface area contributed by atoms with Gasteiger partial charge in [0.15, 0.2) is 0 Å². The molecule has 0 spiro atoms. The Labute approximate surface area is 107 Å². The fourth-order valence-corrected chi connectivity index (χ4v) is 1.60. The Balaban J connectivity index is 2.12. The third-order valence-corrected chi connectivity index (χ3v) is 2.61. The van der Waals surface area contributed by atoms with Crippen molar-refractivity contribution < 1.29 is 0 Å². The predicted octanol–water partition coefficient (Wildman–Crippen LogP) is 2.11. The molecule has 0 bridgehead atoms. The van der Waals surface area contributed by atoms with Crippen LogP contribution in [-0.4, -0.2) is 29.0 Å². The molecule has 1 atom stereocenters. The predicted molar refractivity (Wildman–Crippen MR) is 72.6 cm³/mol. The maximum absolute atomic E-state index is 4.43. The molecule has 0 aliphatic heterocycles. The second-order valence-corrected chi connectivity index (χ2v) is 4.28. The van der Waals surface area contributed by atoms with E-state index in [-0.39, 0.29) is 6.04 Å². The number of aromatic nitrogens is 3. The van der Waals surface area contributed by atoms with E-state index >= 15 is 0 Å². The summed E-state index contributed by atoms with van der Waals surface area (Å²) in [5.41, 5.74) is 1.18. The van der Waals surface area contributed by atoms with Crippen LogP contribution in [0, 0.1) is 0 Å². The number of nitrogens with zero attached hydrogens (tertiary/aromatic N) is 4. The van der Waals surface area contributed by atoms with Gasteiger partial charge in [0.1, 0.15) is 5.82 Å². The van der Waals surface area contributed by atoms with Crippen molar-refractivity contribution in [3.63, 3.8) is 0 Å². The summed E-state index contributed by atoms with van der Waals surface area (Å²) in [6.07, 6.45) is 5.33. The first kappa shape index (κ1) is 12.3. The van der Waals surface area contributed by atoms with E-state index in [0.717, 1.165) is 5.82 Å². The van der Waals surface area contributed by atoms with Crippen molar-refractivity contribution in [2.75, 3.05) is 24.3 Å². The van der Waals surface area contributed by atoms with Crippen LogP contribution in [0.15, 0.2) is 36.8 Å². The molecule has 0 amide bonds. The summed E-state index contributed by atoms with van der Waals surface area (Å²) in [5, 5.41) is 3.35. The molecule has 18 heavy (non-hydrogen) atoms. The van der Waals surface area contributed by atoms with Gasteiger partial charge in [-0.1, -0.05) is 0 Å². The van der Waals surface area contributed by atoms with Gasteiger partial charge < -0.3 is 10.2 Å². The minimum atomic E-state index is 0.179. The molecule has 0 saturated heterocycles. The second-order valence-electron chi connectivity index (χ2n) is 4.28. The van der Waals surface area contributed by atoms with Crippen molar-refractivity contribution in [2.24, 2.45) is 0 Å². The summed E-state index contributed by atoms with van der Waals surface area (Å²) in [7, 11) is 3.84. The standard InChI is InChI=1S/C13H17N5/c1-10(11-4-7-14-8-5-11)16-12-6-9-15-13(17-12)18(2)3/h4-10H,1-3H3,(H,15,16,17). The van der Waals surface area contributed by atoms with Crippen molar-refractivity contribution >= 4 is 11.8 Å². The van der Waals surface area contributed by atoms with E-state index in [1.165, 1.54) is 5.56 Å². The topological polar surface area (TPSA) is 53.9 Å². The molecular formula is C13H17N5. The first-order valence-electron chi connectivity index (χ1n) is 5.83. The summed E-state index contributed by atoms with van der Waals surface area (Å²) >= 11 is 0. The summed E-state index contributed by atoms with van der Waals surface area (Å²) in [6, 6.07) is 6.03. The first-order chi connectivity index (χ1) is 8.66. The minimum Gasteiger partial charge on any atom is -0.363 e. The molecule has 2 rings (SSSR count). The maximum atomic E-state index is 4.43. The molecule has 5 nitrogen and oxygen atoms in total. The van der Waals surface area contributed by atoms with Gasteiger partial charge >= 0.3 is 0 Å². The Bertz CT molecular complexity index is 498. The van der Waals surface area contributed by atoms with Crippen molar-refractivity contribution in [2.45, 2.75) is 13.0 Å². The molecular weight excluding hydrogens is 226 g/mol. The van der Waals surface area contributed by atoms with Gasteiger partial charge in [-0.3, -0.25) is 4.98 Å². The van der Waals surface area contributed by atoms with Crippen LogP contribution in [0.4, 0.5) is 11.8 Å². The Morgan fingerprint density at radius 2 is 1.83 bits per heavy atom. The third kappa shape index (κ3) is 2.94. The minimum absolute atomic E-state index is 0.179. The zero-order chi connectivity index (χ0) is 13.0. The Kier molecular flexibility index (Phi) is 3.72. The van der Waals surface area contributed by atoms with E-state index in [9.17, 15) is 0 Å². The molecule has 0 aromatic carbocycles. The second kappa shape index (κ2) is 5.44. The zero-order valence-corrected chi connectivity index (χ0v) is 10.8. The first-order valence-corrected chi connectivity index (χ1v) is 5.83. The van der Waals surface area contributed by atoms with Crippen LogP contribution in [-0.2, 0) is 0 Å². The van der Waals surface area contributed by atoms with Crippen LogP contribution in [0.3, 0.4) is 0 Å². The quantitative estimate of drug-likeness (QED) is 0.891. The Morgan fingerprint density at radius 3 is 2.50 bits per heavy atom. The van der Waals surface area contributed by atoms with Crippen LogP contribution >= 0.6 is 0 Å². The van der Waals surface area contributed by atoms with Gasteiger partial charge in [0.05, 0.1) is 6.04 Å². The lowest BCUT2D eigenvalue weighted by molar-refractivity contribution is 0.864. The number of nitrogens with one attached hydrogen (secondary N) is 1. The summed E-state index contributed by atoms with van der Waals surface area (Å²) in [6.45, 7) is 2.09. The van der Waals surface area contributed by atoms with Crippen LogP contribution in [0.1, 0.15) is 18.5 Å². The molecule has 1 N–H and O–H groups in total. The largest absolute Gasteiger partial charge is 0.363 e. The number of anilines is 2. The molecule has 2 heterocycles.